The molecular weight excluding hydrogens is 877 g/mol. The van der Waals surface area contributed by atoms with Gasteiger partial charge in [0.25, 0.3) is 0 Å². The van der Waals surface area contributed by atoms with Gasteiger partial charge in [0.1, 0.15) is 13.2 Å². The van der Waals surface area contributed by atoms with Gasteiger partial charge >= 0.3 is 17.9 Å². The maximum absolute atomic E-state index is 12.9. The summed E-state index contributed by atoms with van der Waals surface area (Å²) in [5.41, 5.74) is 0. The summed E-state index contributed by atoms with van der Waals surface area (Å²) in [5.74, 6) is -0.930. The van der Waals surface area contributed by atoms with Crippen LogP contribution >= 0.6 is 0 Å². The van der Waals surface area contributed by atoms with Crippen molar-refractivity contribution in [3.63, 3.8) is 0 Å². The van der Waals surface area contributed by atoms with Gasteiger partial charge in [0.05, 0.1) is 0 Å². The predicted molar refractivity (Wildman–Crippen MR) is 307 cm³/mol. The largest absolute Gasteiger partial charge is 0.462 e. The Morgan fingerprint density at radius 2 is 0.507 bits per heavy atom. The third-order valence-electron chi connectivity index (χ3n) is 12.8. The molecule has 0 saturated carbocycles. The quantitative estimate of drug-likeness (QED) is 0.0261. The fraction of sp³-hybridized carbons (Fsp3) is 0.738. The second-order valence-electron chi connectivity index (χ2n) is 19.9. The van der Waals surface area contributed by atoms with Gasteiger partial charge in [0, 0.05) is 19.3 Å². The minimum atomic E-state index is -0.800. The van der Waals surface area contributed by atoms with E-state index in [1.165, 1.54) is 154 Å². The number of allylic oxidation sites excluding steroid dienone is 14. The van der Waals surface area contributed by atoms with Crippen LogP contribution in [0.1, 0.15) is 290 Å². The Morgan fingerprint density at radius 1 is 0.282 bits per heavy atom. The van der Waals surface area contributed by atoms with E-state index in [2.05, 4.69) is 106 Å². The van der Waals surface area contributed by atoms with Crippen LogP contribution in [-0.2, 0) is 28.6 Å². The molecule has 0 unspecified atom stereocenters. The van der Waals surface area contributed by atoms with E-state index in [0.29, 0.717) is 12.8 Å². The standard InChI is InChI=1S/C65H112O6/c1-4-7-10-13-16-19-22-25-28-30-32-34-37-40-43-46-49-52-55-58-64(67)70-61-62(60-69-63(66)57-54-51-48-45-42-39-36-27-24-21-18-15-12-9-6-3)71-65(68)59-56-53-50-47-44-41-38-35-33-31-29-26-23-20-17-14-11-8-5-2/h16-17,19-20,25-29,33,35-36,41,44,62H,4-15,18,21-24,30-32,34,37-40,42-43,45-61H2,1-3H3/b19-16-,20-17-,28-25-,29-26-,35-33-,36-27-,44-41-/t62-/m0/s1. The van der Waals surface area contributed by atoms with Crippen molar-refractivity contribution in [3.8, 4) is 0 Å². The van der Waals surface area contributed by atoms with Gasteiger partial charge in [-0.1, -0.05) is 234 Å². The van der Waals surface area contributed by atoms with Crippen LogP contribution in [0.2, 0.25) is 0 Å². The maximum Gasteiger partial charge on any atom is 0.306 e. The summed E-state index contributed by atoms with van der Waals surface area (Å²) in [6, 6.07) is 0. The molecular formula is C65H112O6. The lowest BCUT2D eigenvalue weighted by atomic mass is 10.1. The molecule has 0 radical (unpaired) electrons. The highest BCUT2D eigenvalue weighted by Crippen LogP contribution is 2.15. The average molecular weight is 990 g/mol. The molecule has 0 saturated heterocycles. The fourth-order valence-corrected chi connectivity index (χ4v) is 8.27. The third-order valence-corrected chi connectivity index (χ3v) is 12.8. The zero-order chi connectivity index (χ0) is 51.4. The topological polar surface area (TPSA) is 78.9 Å². The van der Waals surface area contributed by atoms with Crippen LogP contribution in [0.3, 0.4) is 0 Å². The van der Waals surface area contributed by atoms with Crippen molar-refractivity contribution >= 4 is 17.9 Å². The van der Waals surface area contributed by atoms with Crippen LogP contribution in [0.25, 0.3) is 0 Å². The van der Waals surface area contributed by atoms with E-state index in [9.17, 15) is 14.4 Å². The fourth-order valence-electron chi connectivity index (χ4n) is 8.27. The van der Waals surface area contributed by atoms with Crippen molar-refractivity contribution in [2.75, 3.05) is 13.2 Å². The van der Waals surface area contributed by atoms with E-state index in [1.807, 2.05) is 0 Å². The smallest absolute Gasteiger partial charge is 0.306 e. The lowest BCUT2D eigenvalue weighted by Gasteiger charge is -2.18. The van der Waals surface area contributed by atoms with E-state index >= 15 is 0 Å². The lowest BCUT2D eigenvalue weighted by molar-refractivity contribution is -0.167. The van der Waals surface area contributed by atoms with Gasteiger partial charge in [-0.3, -0.25) is 14.4 Å². The van der Waals surface area contributed by atoms with Crippen LogP contribution in [0, 0.1) is 0 Å². The van der Waals surface area contributed by atoms with Crippen LogP contribution < -0.4 is 0 Å². The van der Waals surface area contributed by atoms with E-state index in [4.69, 9.17) is 14.2 Å². The molecule has 408 valence electrons. The van der Waals surface area contributed by atoms with Crippen LogP contribution in [0.15, 0.2) is 85.1 Å². The molecule has 0 aliphatic heterocycles. The average Bonchev–Trinajstić information content (AvgIpc) is 3.37. The molecule has 0 aliphatic rings. The van der Waals surface area contributed by atoms with Crippen molar-refractivity contribution in [1.82, 2.24) is 0 Å². The molecule has 6 nitrogen and oxygen atoms in total. The zero-order valence-electron chi connectivity index (χ0n) is 46.7. The Kier molecular flexibility index (Phi) is 56.3. The molecule has 0 N–H and O–H groups in total. The van der Waals surface area contributed by atoms with Crippen molar-refractivity contribution in [1.29, 1.82) is 0 Å². The second-order valence-corrected chi connectivity index (χ2v) is 19.9. The summed E-state index contributed by atoms with van der Waals surface area (Å²) in [7, 11) is 0. The Morgan fingerprint density at radius 3 is 0.845 bits per heavy atom. The molecule has 0 amide bonds. The Bertz CT molecular complexity index is 1370. The normalized spacial score (nSPS) is 12.7. The van der Waals surface area contributed by atoms with Crippen molar-refractivity contribution < 1.29 is 28.6 Å². The third kappa shape index (κ3) is 57.4. The number of rotatable bonds is 54. The van der Waals surface area contributed by atoms with Crippen molar-refractivity contribution in [2.24, 2.45) is 0 Å². The van der Waals surface area contributed by atoms with E-state index < -0.39 is 6.10 Å². The zero-order valence-corrected chi connectivity index (χ0v) is 46.7. The molecule has 6 heteroatoms. The predicted octanol–water partition coefficient (Wildman–Crippen LogP) is 20.3. The van der Waals surface area contributed by atoms with Gasteiger partial charge in [-0.25, -0.2) is 0 Å². The lowest BCUT2D eigenvalue weighted by Crippen LogP contribution is -2.30. The van der Waals surface area contributed by atoms with Gasteiger partial charge in [0.15, 0.2) is 6.10 Å². The van der Waals surface area contributed by atoms with Crippen molar-refractivity contribution in [2.45, 2.75) is 297 Å². The minimum Gasteiger partial charge on any atom is -0.462 e. The van der Waals surface area contributed by atoms with Crippen LogP contribution in [0.5, 0.6) is 0 Å². The molecule has 0 aromatic rings. The summed E-state index contributed by atoms with van der Waals surface area (Å²) in [6.45, 7) is 6.56. The molecule has 0 spiro atoms. The number of carbonyl (C=O) groups is 3. The van der Waals surface area contributed by atoms with Gasteiger partial charge in [-0.2, -0.15) is 0 Å². The molecule has 0 fully saturated rings. The number of esters is 3. The van der Waals surface area contributed by atoms with Gasteiger partial charge in [-0.15, -0.1) is 0 Å². The highest BCUT2D eigenvalue weighted by atomic mass is 16.6. The van der Waals surface area contributed by atoms with Gasteiger partial charge < -0.3 is 14.2 Å². The summed E-state index contributed by atoms with van der Waals surface area (Å²) in [5, 5.41) is 0. The summed E-state index contributed by atoms with van der Waals surface area (Å²) in [6.07, 6.45) is 77.1. The summed E-state index contributed by atoms with van der Waals surface area (Å²) in [4.78, 5) is 38.2. The number of unbranched alkanes of at least 4 members (excludes halogenated alkanes) is 29. The number of ether oxygens (including phenoxy) is 3. The van der Waals surface area contributed by atoms with E-state index in [1.54, 1.807) is 0 Å². The Balaban J connectivity index is 4.45. The van der Waals surface area contributed by atoms with Gasteiger partial charge in [-0.05, 0) is 122 Å². The number of carbonyl (C=O) groups excluding carboxylic acids is 3. The van der Waals surface area contributed by atoms with Gasteiger partial charge in [0.2, 0.25) is 0 Å². The second kappa shape index (κ2) is 59.2. The van der Waals surface area contributed by atoms with E-state index in [0.717, 1.165) is 96.3 Å². The SMILES string of the molecule is CCCCC/C=C\C/C=C\C/C=C\C/C=C\CCCCCC(=O)O[C@@H](COC(=O)CCCCCCC/C=C\CCCCCCCC)COC(=O)CCCCCCCCCCC/C=C\C/C=C\CCCCC. The molecule has 0 aliphatic carbocycles. The van der Waals surface area contributed by atoms with Crippen LogP contribution in [-0.4, -0.2) is 37.2 Å². The summed E-state index contributed by atoms with van der Waals surface area (Å²) >= 11 is 0. The molecule has 0 rings (SSSR count). The van der Waals surface area contributed by atoms with Crippen molar-refractivity contribution in [3.05, 3.63) is 85.1 Å². The first-order chi connectivity index (χ1) is 35.0. The number of hydrogen-bond acceptors (Lipinski definition) is 6. The molecule has 0 bridgehead atoms. The van der Waals surface area contributed by atoms with E-state index in [-0.39, 0.29) is 37.5 Å². The number of hydrogen-bond donors (Lipinski definition) is 0. The highest BCUT2D eigenvalue weighted by Gasteiger charge is 2.19. The molecule has 0 aromatic carbocycles. The first-order valence-corrected chi connectivity index (χ1v) is 30.1. The minimum absolute atomic E-state index is 0.0940. The van der Waals surface area contributed by atoms with Crippen LogP contribution in [0.4, 0.5) is 0 Å². The first kappa shape index (κ1) is 67.6. The molecule has 71 heavy (non-hydrogen) atoms. The molecule has 1 atom stereocenters. The monoisotopic (exact) mass is 989 g/mol. The first-order valence-electron chi connectivity index (χ1n) is 30.1. The molecule has 0 aromatic heterocycles. The maximum atomic E-state index is 12.9. The molecule has 0 heterocycles. The highest BCUT2D eigenvalue weighted by molar-refractivity contribution is 5.71. The Labute approximate surface area is 439 Å². The Hall–Kier alpha value is -3.41. The summed E-state index contributed by atoms with van der Waals surface area (Å²) < 4.78 is 16.9.